The number of ether oxygens (including phenoxy) is 3. The molecule has 47 heavy (non-hydrogen) atoms. The number of sulfonamides is 1. The van der Waals surface area contributed by atoms with Crippen LogP contribution in [0.4, 0.5) is 20.0 Å². The van der Waals surface area contributed by atoms with E-state index in [-0.39, 0.29) is 35.0 Å². The molecule has 3 aromatic rings. The van der Waals surface area contributed by atoms with Gasteiger partial charge < -0.3 is 24.4 Å². The zero-order chi connectivity index (χ0) is 34.4. The SMILES string of the molecule is COc1ccc(CN(c2nccs2)S(=O)(=O)c2cc(Cl)c(NC[C@H](CC3CCCCC3)N(C)C(=O)OC(C)(C)C)cc2F)c(OC)c1. The van der Waals surface area contributed by atoms with Gasteiger partial charge in [-0.2, -0.15) is 0 Å². The first-order chi connectivity index (χ1) is 22.2. The number of hydrogen-bond acceptors (Lipinski definition) is 9. The van der Waals surface area contributed by atoms with E-state index < -0.39 is 32.4 Å². The van der Waals surface area contributed by atoms with Crippen LogP contribution < -0.4 is 19.1 Å². The van der Waals surface area contributed by atoms with Crippen molar-refractivity contribution < 1.29 is 31.8 Å². The summed E-state index contributed by atoms with van der Waals surface area (Å²) in [5.74, 6) is 0.401. The number of carbonyl (C=O) groups is 1. The number of aromatic nitrogens is 1. The monoisotopic (exact) mass is 710 g/mol. The van der Waals surface area contributed by atoms with Gasteiger partial charge in [0.1, 0.15) is 27.8 Å². The highest BCUT2D eigenvalue weighted by molar-refractivity contribution is 7.93. The molecular formula is C33H44ClFN4O6S2. The van der Waals surface area contributed by atoms with E-state index in [0.29, 0.717) is 23.0 Å². The highest BCUT2D eigenvalue weighted by Crippen LogP contribution is 2.36. The largest absolute Gasteiger partial charge is 0.497 e. The van der Waals surface area contributed by atoms with Crippen molar-refractivity contribution in [1.29, 1.82) is 0 Å². The maximum absolute atomic E-state index is 15.8. The van der Waals surface area contributed by atoms with Gasteiger partial charge in [0.15, 0.2) is 5.13 Å². The Balaban J connectivity index is 1.60. The number of amides is 1. The van der Waals surface area contributed by atoms with Crippen molar-refractivity contribution in [2.75, 3.05) is 37.4 Å². The van der Waals surface area contributed by atoms with Gasteiger partial charge in [-0.3, -0.25) is 0 Å². The maximum Gasteiger partial charge on any atom is 0.410 e. The van der Waals surface area contributed by atoms with Crippen molar-refractivity contribution in [3.63, 3.8) is 0 Å². The van der Waals surface area contributed by atoms with Crippen LogP contribution in [0.25, 0.3) is 0 Å². The van der Waals surface area contributed by atoms with E-state index in [1.807, 2.05) is 20.8 Å². The lowest BCUT2D eigenvalue weighted by atomic mass is 9.84. The Morgan fingerprint density at radius 1 is 1.15 bits per heavy atom. The number of thiazole rings is 1. The lowest BCUT2D eigenvalue weighted by Crippen LogP contribution is -2.45. The zero-order valence-electron chi connectivity index (χ0n) is 27.7. The minimum Gasteiger partial charge on any atom is -0.497 e. The van der Waals surface area contributed by atoms with Crippen molar-refractivity contribution in [2.45, 2.75) is 82.4 Å². The van der Waals surface area contributed by atoms with Crippen LogP contribution in [0.1, 0.15) is 64.9 Å². The zero-order valence-corrected chi connectivity index (χ0v) is 30.1. The molecule has 258 valence electrons. The number of anilines is 2. The molecule has 1 amide bonds. The fraction of sp³-hybridized carbons (Fsp3) is 0.515. The van der Waals surface area contributed by atoms with E-state index in [2.05, 4.69) is 10.3 Å². The topological polar surface area (TPSA) is 110 Å². The van der Waals surface area contributed by atoms with Gasteiger partial charge in [-0.25, -0.2) is 26.9 Å². The highest BCUT2D eigenvalue weighted by atomic mass is 35.5. The molecule has 1 aliphatic carbocycles. The first-order valence-electron chi connectivity index (χ1n) is 15.6. The van der Waals surface area contributed by atoms with Gasteiger partial charge in [0.05, 0.1) is 37.5 Å². The molecule has 1 aliphatic rings. The molecule has 14 heteroatoms. The molecule has 2 aromatic carbocycles. The van der Waals surface area contributed by atoms with Crippen LogP contribution >= 0.6 is 22.9 Å². The first kappa shape index (κ1) is 36.5. The summed E-state index contributed by atoms with van der Waals surface area (Å²) in [5.41, 5.74) is 0.0781. The van der Waals surface area contributed by atoms with E-state index in [1.54, 1.807) is 35.5 Å². The summed E-state index contributed by atoms with van der Waals surface area (Å²) in [7, 11) is 0.198. The maximum atomic E-state index is 15.8. The number of halogens is 2. The van der Waals surface area contributed by atoms with Crippen molar-refractivity contribution in [3.05, 3.63) is 58.3 Å². The van der Waals surface area contributed by atoms with E-state index in [0.717, 1.165) is 59.9 Å². The molecule has 0 spiro atoms. The molecule has 4 rings (SSSR count). The molecule has 0 radical (unpaired) electrons. The number of carbonyl (C=O) groups excluding carboxylic acids is 1. The number of likely N-dealkylation sites (N-methyl/N-ethyl adjacent to an activating group) is 1. The molecule has 10 nitrogen and oxygen atoms in total. The minimum atomic E-state index is -4.49. The molecule has 1 heterocycles. The molecular weight excluding hydrogens is 667 g/mol. The summed E-state index contributed by atoms with van der Waals surface area (Å²) in [6, 6.07) is 6.92. The van der Waals surface area contributed by atoms with Crippen LogP contribution in [0.3, 0.4) is 0 Å². The summed E-state index contributed by atoms with van der Waals surface area (Å²) >= 11 is 7.72. The van der Waals surface area contributed by atoms with Gasteiger partial charge in [0.2, 0.25) is 0 Å². The summed E-state index contributed by atoms with van der Waals surface area (Å²) in [6.07, 6.45) is 7.44. The Morgan fingerprint density at radius 3 is 2.49 bits per heavy atom. The molecule has 0 saturated heterocycles. The third kappa shape index (κ3) is 9.41. The molecule has 1 saturated carbocycles. The second-order valence-electron chi connectivity index (χ2n) is 12.6. The molecule has 0 aliphatic heterocycles. The lowest BCUT2D eigenvalue weighted by Gasteiger charge is -2.34. The Morgan fingerprint density at radius 2 is 1.87 bits per heavy atom. The van der Waals surface area contributed by atoms with Crippen LogP contribution in [-0.4, -0.2) is 63.8 Å². The summed E-state index contributed by atoms with van der Waals surface area (Å²) in [4.78, 5) is 18.2. The van der Waals surface area contributed by atoms with Gasteiger partial charge in [-0.05, 0) is 57.4 Å². The minimum absolute atomic E-state index is 0.0161. The number of hydrogen-bond donors (Lipinski definition) is 1. The second-order valence-corrected chi connectivity index (χ2v) is 15.7. The van der Waals surface area contributed by atoms with Crippen LogP contribution in [0.5, 0.6) is 11.5 Å². The Bertz CT molecular complexity index is 1610. The van der Waals surface area contributed by atoms with Crippen LogP contribution in [-0.2, 0) is 21.3 Å². The van der Waals surface area contributed by atoms with Gasteiger partial charge in [0.25, 0.3) is 10.0 Å². The molecule has 1 fully saturated rings. The number of benzene rings is 2. The molecule has 1 atom stereocenters. The predicted octanol–water partition coefficient (Wildman–Crippen LogP) is 7.97. The Kier molecular flexibility index (Phi) is 12.2. The molecule has 0 unspecified atom stereocenters. The number of rotatable bonds is 13. The van der Waals surface area contributed by atoms with Crippen molar-refractivity contribution in [2.24, 2.45) is 5.92 Å². The van der Waals surface area contributed by atoms with E-state index in [1.165, 1.54) is 26.8 Å². The normalized spacial score (nSPS) is 14.7. The van der Waals surface area contributed by atoms with Crippen molar-refractivity contribution in [3.8, 4) is 11.5 Å². The van der Waals surface area contributed by atoms with E-state index >= 15 is 4.39 Å². The molecule has 0 bridgehead atoms. The molecule has 1 N–H and O–H groups in total. The van der Waals surface area contributed by atoms with Crippen LogP contribution in [0, 0.1) is 11.7 Å². The quantitative estimate of drug-likeness (QED) is 0.190. The van der Waals surface area contributed by atoms with E-state index in [9.17, 15) is 13.2 Å². The lowest BCUT2D eigenvalue weighted by molar-refractivity contribution is 0.0206. The standard InChI is InChI=1S/C33H44ClFN4O6S2/c1-33(2,3)45-32(40)38(4)24(16-22-10-8-7-9-11-22)20-37-28-19-27(35)30(18-26(28)34)47(41,42)39(31-36-14-15-46-31)21-23-12-13-25(43-5)17-29(23)44-6/h12-15,17-19,22,24,37H,7-11,16,20-21H2,1-6H3/t24-/m0/s1. The predicted molar refractivity (Wildman–Crippen MR) is 184 cm³/mol. The molecule has 1 aromatic heterocycles. The number of nitrogens with zero attached hydrogens (tertiary/aromatic N) is 3. The van der Waals surface area contributed by atoms with Crippen LogP contribution in [0.2, 0.25) is 5.02 Å². The summed E-state index contributed by atoms with van der Waals surface area (Å²) < 4.78 is 61.3. The van der Waals surface area contributed by atoms with Crippen molar-refractivity contribution in [1.82, 2.24) is 9.88 Å². The van der Waals surface area contributed by atoms with Gasteiger partial charge in [-0.1, -0.05) is 43.7 Å². The summed E-state index contributed by atoms with van der Waals surface area (Å²) in [6.45, 7) is 5.53. The first-order valence-corrected chi connectivity index (χ1v) is 18.2. The van der Waals surface area contributed by atoms with Gasteiger partial charge in [-0.15, -0.1) is 11.3 Å². The van der Waals surface area contributed by atoms with E-state index in [4.69, 9.17) is 25.8 Å². The van der Waals surface area contributed by atoms with Crippen molar-refractivity contribution >= 4 is 49.9 Å². The average molecular weight is 711 g/mol. The highest BCUT2D eigenvalue weighted by Gasteiger charge is 2.33. The average Bonchev–Trinajstić information content (AvgIpc) is 3.56. The summed E-state index contributed by atoms with van der Waals surface area (Å²) in [5, 5.41) is 4.98. The Hall–Kier alpha value is -3.29. The van der Waals surface area contributed by atoms with Crippen LogP contribution in [0.15, 0.2) is 46.8 Å². The fourth-order valence-corrected chi connectivity index (χ4v) is 8.25. The third-order valence-corrected chi connectivity index (χ3v) is 11.1. The second kappa shape index (κ2) is 15.7. The Labute approximate surface area is 286 Å². The smallest absolute Gasteiger partial charge is 0.410 e. The van der Waals surface area contributed by atoms with Gasteiger partial charge >= 0.3 is 6.09 Å². The number of nitrogens with one attached hydrogen (secondary N) is 1. The van der Waals surface area contributed by atoms with Gasteiger partial charge in [0, 0.05) is 36.8 Å². The fourth-order valence-electron chi connectivity index (χ4n) is 5.61. The number of methoxy groups -OCH3 is 2. The third-order valence-electron chi connectivity index (χ3n) is 8.12.